The molecule has 0 aromatic heterocycles. The van der Waals surface area contributed by atoms with Crippen LogP contribution in [0.5, 0.6) is 0 Å². The molecule has 2 amide bonds. The van der Waals surface area contributed by atoms with Crippen LogP contribution in [0.25, 0.3) is 0 Å². The number of carboxylic acid groups (broad SMARTS) is 1. The van der Waals surface area contributed by atoms with Crippen LogP contribution in [0.2, 0.25) is 0 Å². The van der Waals surface area contributed by atoms with E-state index in [1.807, 2.05) is 0 Å². The number of carbonyl (C=O) groups excluding carboxylic acids is 3. The third-order valence-corrected chi connectivity index (χ3v) is 3.03. The van der Waals surface area contributed by atoms with Crippen LogP contribution in [0.4, 0.5) is 5.69 Å². The molecule has 1 aliphatic rings. The molecule has 7 heteroatoms. The summed E-state index contributed by atoms with van der Waals surface area (Å²) in [6.07, 6.45) is 0. The van der Waals surface area contributed by atoms with Gasteiger partial charge in [0.1, 0.15) is 6.54 Å². The topological polar surface area (TPSA) is 95.0 Å². The maximum atomic E-state index is 12.0. The fourth-order valence-corrected chi connectivity index (χ4v) is 1.96. The highest BCUT2D eigenvalue weighted by molar-refractivity contribution is 6.41. The summed E-state index contributed by atoms with van der Waals surface area (Å²) in [5, 5.41) is 8.79. The molecule has 104 valence electrons. The second-order valence-electron chi connectivity index (χ2n) is 4.38. The molecule has 0 bridgehead atoms. The number of nitrogens with zero attached hydrogens (tertiary/aromatic N) is 2. The molecule has 0 unspecified atom stereocenters. The molecule has 1 aromatic rings. The van der Waals surface area contributed by atoms with Crippen molar-refractivity contribution in [3.63, 3.8) is 0 Å². The van der Waals surface area contributed by atoms with Crippen LogP contribution in [0.3, 0.4) is 0 Å². The number of piperazine rings is 1. The highest BCUT2D eigenvalue weighted by Crippen LogP contribution is 2.23. The van der Waals surface area contributed by atoms with Gasteiger partial charge in [-0.15, -0.1) is 0 Å². The molecule has 1 fully saturated rings. The normalized spacial score (nSPS) is 15.4. The summed E-state index contributed by atoms with van der Waals surface area (Å²) in [6.45, 7) is -0.312. The predicted molar refractivity (Wildman–Crippen MR) is 68.4 cm³/mol. The molecule has 7 nitrogen and oxygen atoms in total. The number of anilines is 1. The Labute approximate surface area is 114 Å². The first-order valence-corrected chi connectivity index (χ1v) is 5.83. The molecule has 0 aliphatic carbocycles. The Morgan fingerprint density at radius 3 is 2.40 bits per heavy atom. The van der Waals surface area contributed by atoms with Gasteiger partial charge in [0.25, 0.3) is 5.78 Å². The number of ketones is 1. The quantitative estimate of drug-likeness (QED) is 0.607. The van der Waals surface area contributed by atoms with Crippen LogP contribution in [-0.2, 0) is 14.4 Å². The van der Waals surface area contributed by atoms with Gasteiger partial charge in [-0.05, 0) is 12.1 Å². The van der Waals surface area contributed by atoms with Crippen LogP contribution in [-0.4, -0.2) is 53.7 Å². The van der Waals surface area contributed by atoms with Crippen molar-refractivity contribution in [3.05, 3.63) is 29.8 Å². The second-order valence-corrected chi connectivity index (χ2v) is 4.38. The third kappa shape index (κ3) is 2.37. The summed E-state index contributed by atoms with van der Waals surface area (Å²) < 4.78 is 0. The van der Waals surface area contributed by atoms with Gasteiger partial charge in [-0.25, -0.2) is 4.79 Å². The first-order chi connectivity index (χ1) is 9.41. The first-order valence-electron chi connectivity index (χ1n) is 5.83. The minimum absolute atomic E-state index is 0.103. The minimum Gasteiger partial charge on any atom is -0.475 e. The Hall–Kier alpha value is -2.70. The summed E-state index contributed by atoms with van der Waals surface area (Å²) >= 11 is 0. The van der Waals surface area contributed by atoms with Gasteiger partial charge in [0.05, 0.1) is 17.8 Å². The molecule has 20 heavy (non-hydrogen) atoms. The second kappa shape index (κ2) is 5.12. The highest BCUT2D eigenvalue weighted by atomic mass is 16.4. The maximum Gasteiger partial charge on any atom is 0.377 e. The molecule has 1 aliphatic heterocycles. The van der Waals surface area contributed by atoms with E-state index in [-0.39, 0.29) is 36.2 Å². The van der Waals surface area contributed by atoms with Gasteiger partial charge in [0.15, 0.2) is 0 Å². The SMILES string of the molecule is CN1CC(=O)N(c2ccccc2C(=O)C(=O)O)CC1=O. The maximum absolute atomic E-state index is 12.0. The summed E-state index contributed by atoms with van der Waals surface area (Å²) in [7, 11) is 1.51. The van der Waals surface area contributed by atoms with E-state index in [1.165, 1.54) is 30.1 Å². The van der Waals surface area contributed by atoms with Gasteiger partial charge in [0.2, 0.25) is 11.8 Å². The zero-order valence-electron chi connectivity index (χ0n) is 10.7. The fourth-order valence-electron chi connectivity index (χ4n) is 1.96. The van der Waals surface area contributed by atoms with Gasteiger partial charge >= 0.3 is 5.97 Å². The van der Waals surface area contributed by atoms with Crippen LogP contribution in [0.1, 0.15) is 10.4 Å². The zero-order valence-corrected chi connectivity index (χ0v) is 10.7. The van der Waals surface area contributed by atoms with Crippen molar-refractivity contribution in [2.45, 2.75) is 0 Å². The van der Waals surface area contributed by atoms with Crippen molar-refractivity contribution in [2.75, 3.05) is 25.0 Å². The molecule has 0 radical (unpaired) electrons. The van der Waals surface area contributed by atoms with Crippen molar-refractivity contribution in [3.8, 4) is 0 Å². The lowest BCUT2D eigenvalue weighted by Gasteiger charge is -2.32. The lowest BCUT2D eigenvalue weighted by atomic mass is 10.1. The van der Waals surface area contributed by atoms with E-state index in [1.54, 1.807) is 6.07 Å². The average molecular weight is 276 g/mol. The monoisotopic (exact) mass is 276 g/mol. The number of rotatable bonds is 3. The van der Waals surface area contributed by atoms with E-state index in [0.717, 1.165) is 4.90 Å². The van der Waals surface area contributed by atoms with E-state index in [2.05, 4.69) is 0 Å². The van der Waals surface area contributed by atoms with Gasteiger partial charge in [-0.2, -0.15) is 0 Å². The first kappa shape index (κ1) is 13.7. The number of likely N-dealkylation sites (N-methyl/N-ethyl adjacent to an activating group) is 1. The smallest absolute Gasteiger partial charge is 0.377 e. The Morgan fingerprint density at radius 1 is 1.10 bits per heavy atom. The molecule has 1 saturated heterocycles. The molecule has 1 N–H and O–H groups in total. The number of hydrogen-bond acceptors (Lipinski definition) is 4. The van der Waals surface area contributed by atoms with E-state index in [0.29, 0.717) is 0 Å². The number of carbonyl (C=O) groups is 4. The molecule has 0 atom stereocenters. The van der Waals surface area contributed by atoms with E-state index in [9.17, 15) is 19.2 Å². The highest BCUT2D eigenvalue weighted by Gasteiger charge is 2.31. The summed E-state index contributed by atoms with van der Waals surface area (Å²) in [4.78, 5) is 48.5. The number of hydrogen-bond donors (Lipinski definition) is 1. The van der Waals surface area contributed by atoms with Crippen LogP contribution < -0.4 is 4.90 Å². The average Bonchev–Trinajstić information content (AvgIpc) is 2.42. The lowest BCUT2D eigenvalue weighted by Crippen LogP contribution is -2.52. The van der Waals surface area contributed by atoms with E-state index in [4.69, 9.17) is 5.11 Å². The Morgan fingerprint density at radius 2 is 1.75 bits per heavy atom. The molecule has 1 heterocycles. The third-order valence-electron chi connectivity index (χ3n) is 3.03. The number of Topliss-reactive ketones (excluding diaryl/α,β-unsaturated/α-hetero) is 1. The van der Waals surface area contributed by atoms with Crippen LogP contribution in [0, 0.1) is 0 Å². The number of benzene rings is 1. The Bertz CT molecular complexity index is 611. The Balaban J connectivity index is 2.43. The standard InChI is InChI=1S/C13H12N2O5/c1-14-6-11(17)15(7-10(14)16)9-5-3-2-4-8(9)12(18)13(19)20/h2-5H,6-7H2,1H3,(H,19,20). The summed E-state index contributed by atoms with van der Waals surface area (Å²) in [5.41, 5.74) is 0.0389. The van der Waals surface area contributed by atoms with Crippen LogP contribution in [0.15, 0.2) is 24.3 Å². The van der Waals surface area contributed by atoms with Crippen LogP contribution >= 0.6 is 0 Å². The molecule has 0 saturated carbocycles. The van der Waals surface area contributed by atoms with Gasteiger partial charge in [-0.1, -0.05) is 12.1 Å². The molecular formula is C13H12N2O5. The van der Waals surface area contributed by atoms with Crippen molar-refractivity contribution >= 4 is 29.3 Å². The van der Waals surface area contributed by atoms with Gasteiger partial charge < -0.3 is 14.9 Å². The van der Waals surface area contributed by atoms with E-state index >= 15 is 0 Å². The number of carboxylic acids is 1. The molecule has 2 rings (SSSR count). The lowest BCUT2D eigenvalue weighted by molar-refractivity contribution is -0.136. The number of amides is 2. The van der Waals surface area contributed by atoms with Crippen molar-refractivity contribution in [1.82, 2.24) is 4.90 Å². The predicted octanol–water partition coefficient (Wildman–Crippen LogP) is -0.241. The summed E-state index contributed by atoms with van der Waals surface area (Å²) in [5.74, 6) is -3.36. The molecule has 0 spiro atoms. The molecule has 1 aromatic carbocycles. The van der Waals surface area contributed by atoms with Crippen molar-refractivity contribution < 1.29 is 24.3 Å². The Kier molecular flexibility index (Phi) is 3.51. The van der Waals surface area contributed by atoms with Gasteiger partial charge in [0, 0.05) is 7.05 Å². The fraction of sp³-hybridized carbons (Fsp3) is 0.231. The summed E-state index contributed by atoms with van der Waals surface area (Å²) in [6, 6.07) is 5.85. The number of para-hydroxylation sites is 1. The van der Waals surface area contributed by atoms with E-state index < -0.39 is 11.8 Å². The minimum atomic E-state index is -1.61. The largest absolute Gasteiger partial charge is 0.475 e. The van der Waals surface area contributed by atoms with Gasteiger partial charge in [-0.3, -0.25) is 14.4 Å². The molecular weight excluding hydrogens is 264 g/mol. The zero-order chi connectivity index (χ0) is 14.9. The number of aliphatic carboxylic acids is 1. The van der Waals surface area contributed by atoms with Crippen molar-refractivity contribution in [1.29, 1.82) is 0 Å². The van der Waals surface area contributed by atoms with Crippen molar-refractivity contribution in [2.24, 2.45) is 0 Å².